The number of thioether (sulfide) groups is 1. The number of benzene rings is 2. The first kappa shape index (κ1) is 15.7. The Morgan fingerprint density at radius 2 is 1.65 bits per heavy atom. The van der Waals surface area contributed by atoms with Crippen LogP contribution >= 0.6 is 35.0 Å². The summed E-state index contributed by atoms with van der Waals surface area (Å²) < 4.78 is 0. The van der Waals surface area contributed by atoms with E-state index in [-0.39, 0.29) is 0 Å². The molecule has 20 heavy (non-hydrogen) atoms. The minimum Gasteiger partial charge on any atom is -0.388 e. The van der Waals surface area contributed by atoms with Crippen molar-refractivity contribution in [2.24, 2.45) is 0 Å². The monoisotopic (exact) mass is 326 g/mol. The highest BCUT2D eigenvalue weighted by molar-refractivity contribution is 7.99. The van der Waals surface area contributed by atoms with E-state index in [4.69, 9.17) is 23.2 Å². The van der Waals surface area contributed by atoms with E-state index >= 15 is 0 Å². The van der Waals surface area contributed by atoms with Gasteiger partial charge in [-0.25, -0.2) is 0 Å². The zero-order chi connectivity index (χ0) is 14.5. The van der Waals surface area contributed by atoms with Gasteiger partial charge in [-0.15, -0.1) is 11.8 Å². The van der Waals surface area contributed by atoms with E-state index in [1.807, 2.05) is 24.3 Å². The third-order valence-electron chi connectivity index (χ3n) is 3.04. The van der Waals surface area contributed by atoms with E-state index < -0.39 is 6.10 Å². The molecular weight excluding hydrogens is 311 g/mol. The lowest BCUT2D eigenvalue weighted by Gasteiger charge is -2.14. The van der Waals surface area contributed by atoms with Crippen molar-refractivity contribution in [1.82, 2.24) is 0 Å². The Labute approximate surface area is 133 Å². The molecule has 0 bridgehead atoms. The lowest BCUT2D eigenvalue weighted by Crippen LogP contribution is -2.03. The van der Waals surface area contributed by atoms with Gasteiger partial charge in [0.15, 0.2) is 0 Å². The van der Waals surface area contributed by atoms with E-state index in [0.717, 1.165) is 16.9 Å². The minimum absolute atomic E-state index is 0.415. The Morgan fingerprint density at radius 3 is 2.20 bits per heavy atom. The molecule has 0 aliphatic rings. The molecule has 1 unspecified atom stereocenters. The van der Waals surface area contributed by atoms with Crippen molar-refractivity contribution in [3.8, 4) is 0 Å². The van der Waals surface area contributed by atoms with E-state index in [1.165, 1.54) is 4.90 Å². The summed E-state index contributed by atoms with van der Waals surface area (Å²) in [4.78, 5) is 1.21. The second-order valence-electron chi connectivity index (χ2n) is 4.42. The Bertz CT molecular complexity index is 549. The maximum atomic E-state index is 10.3. The Hall–Kier alpha value is -0.670. The molecule has 0 fully saturated rings. The molecule has 2 rings (SSSR count). The topological polar surface area (TPSA) is 20.2 Å². The molecule has 0 saturated heterocycles. The maximum Gasteiger partial charge on any atom is 0.0831 e. The number of halogens is 2. The van der Waals surface area contributed by atoms with Gasteiger partial charge < -0.3 is 5.11 Å². The summed E-state index contributed by atoms with van der Waals surface area (Å²) in [6, 6.07) is 13.3. The van der Waals surface area contributed by atoms with Crippen molar-refractivity contribution in [1.29, 1.82) is 0 Å². The van der Waals surface area contributed by atoms with Gasteiger partial charge in [0, 0.05) is 21.4 Å². The summed E-state index contributed by atoms with van der Waals surface area (Å²) in [5, 5.41) is 11.5. The quantitative estimate of drug-likeness (QED) is 0.744. The first-order chi connectivity index (χ1) is 9.61. The van der Waals surface area contributed by atoms with Crippen molar-refractivity contribution >= 4 is 35.0 Å². The fraction of sp³-hybridized carbons (Fsp3) is 0.250. The molecule has 1 N–H and O–H groups in total. The van der Waals surface area contributed by atoms with Crippen LogP contribution in [0.3, 0.4) is 0 Å². The van der Waals surface area contributed by atoms with Crippen molar-refractivity contribution in [3.63, 3.8) is 0 Å². The van der Waals surface area contributed by atoms with Crippen LogP contribution in [-0.2, 0) is 6.42 Å². The molecule has 0 saturated carbocycles. The van der Waals surface area contributed by atoms with Gasteiger partial charge in [0.05, 0.1) is 6.10 Å². The maximum absolute atomic E-state index is 10.3. The molecule has 4 heteroatoms. The standard InChI is InChI=1S/C16H16Cl2OS/c1-2-20-12-8-6-11(7-9-12)16(19)10-13-14(17)4-3-5-15(13)18/h3-9,16,19H,2,10H2,1H3. The smallest absolute Gasteiger partial charge is 0.0831 e. The predicted molar refractivity (Wildman–Crippen MR) is 88.0 cm³/mol. The summed E-state index contributed by atoms with van der Waals surface area (Å²) in [6.45, 7) is 2.12. The molecule has 1 nitrogen and oxygen atoms in total. The van der Waals surface area contributed by atoms with Gasteiger partial charge in [0.1, 0.15) is 0 Å². The molecule has 2 aromatic carbocycles. The predicted octanol–water partition coefficient (Wildman–Crippen LogP) is 5.38. The van der Waals surface area contributed by atoms with Gasteiger partial charge in [-0.2, -0.15) is 0 Å². The third kappa shape index (κ3) is 3.92. The second-order valence-corrected chi connectivity index (χ2v) is 6.57. The van der Waals surface area contributed by atoms with Crippen LogP contribution in [0, 0.1) is 0 Å². The van der Waals surface area contributed by atoms with Gasteiger partial charge in [-0.3, -0.25) is 0 Å². The SMILES string of the molecule is CCSc1ccc(C(O)Cc2c(Cl)cccc2Cl)cc1. The molecule has 0 radical (unpaired) electrons. The van der Waals surface area contributed by atoms with Crippen LogP contribution in [-0.4, -0.2) is 10.9 Å². The van der Waals surface area contributed by atoms with Crippen molar-refractivity contribution < 1.29 is 5.11 Å². The normalized spacial score (nSPS) is 12.4. The Kier molecular flexibility index (Phi) is 5.79. The molecule has 2 aromatic rings. The lowest BCUT2D eigenvalue weighted by molar-refractivity contribution is 0.178. The van der Waals surface area contributed by atoms with Crippen LogP contribution in [0.1, 0.15) is 24.2 Å². The van der Waals surface area contributed by atoms with Gasteiger partial charge >= 0.3 is 0 Å². The van der Waals surface area contributed by atoms with Crippen LogP contribution in [0.5, 0.6) is 0 Å². The number of aliphatic hydroxyl groups is 1. The number of hydrogen-bond acceptors (Lipinski definition) is 2. The molecule has 106 valence electrons. The summed E-state index contributed by atoms with van der Waals surface area (Å²) in [5.74, 6) is 1.04. The molecule has 0 spiro atoms. The first-order valence-electron chi connectivity index (χ1n) is 6.45. The van der Waals surface area contributed by atoms with Crippen molar-refractivity contribution in [2.45, 2.75) is 24.3 Å². The molecular formula is C16H16Cl2OS. The fourth-order valence-corrected chi connectivity index (χ4v) is 3.21. The van der Waals surface area contributed by atoms with E-state index in [9.17, 15) is 5.11 Å². The number of hydrogen-bond donors (Lipinski definition) is 1. The highest BCUT2D eigenvalue weighted by atomic mass is 35.5. The molecule has 0 amide bonds. The van der Waals surface area contributed by atoms with Crippen LogP contribution in [0.15, 0.2) is 47.4 Å². The zero-order valence-corrected chi connectivity index (χ0v) is 13.5. The van der Waals surface area contributed by atoms with E-state index in [0.29, 0.717) is 16.5 Å². The minimum atomic E-state index is -0.604. The van der Waals surface area contributed by atoms with Gasteiger partial charge in [0.2, 0.25) is 0 Å². The number of rotatable bonds is 5. The highest BCUT2D eigenvalue weighted by Crippen LogP contribution is 2.30. The highest BCUT2D eigenvalue weighted by Gasteiger charge is 2.13. The average molecular weight is 327 g/mol. The Morgan fingerprint density at radius 1 is 1.05 bits per heavy atom. The van der Waals surface area contributed by atoms with Crippen LogP contribution in [0.4, 0.5) is 0 Å². The summed E-state index contributed by atoms with van der Waals surface area (Å²) in [7, 11) is 0. The molecule has 0 aromatic heterocycles. The van der Waals surface area contributed by atoms with Gasteiger partial charge in [-0.1, -0.05) is 48.3 Å². The molecule has 0 aliphatic carbocycles. The van der Waals surface area contributed by atoms with E-state index in [1.54, 1.807) is 30.0 Å². The average Bonchev–Trinajstić information content (AvgIpc) is 2.44. The van der Waals surface area contributed by atoms with Crippen LogP contribution in [0.2, 0.25) is 10.0 Å². The Balaban J connectivity index is 2.13. The molecule has 0 heterocycles. The lowest BCUT2D eigenvalue weighted by atomic mass is 10.0. The van der Waals surface area contributed by atoms with Crippen LogP contribution < -0.4 is 0 Å². The molecule has 0 aliphatic heterocycles. The molecule has 1 atom stereocenters. The van der Waals surface area contributed by atoms with Gasteiger partial charge in [-0.05, 0) is 41.1 Å². The first-order valence-corrected chi connectivity index (χ1v) is 8.19. The third-order valence-corrected chi connectivity index (χ3v) is 4.64. The largest absolute Gasteiger partial charge is 0.388 e. The second kappa shape index (κ2) is 7.37. The number of aliphatic hydroxyl groups excluding tert-OH is 1. The zero-order valence-electron chi connectivity index (χ0n) is 11.1. The van der Waals surface area contributed by atoms with Crippen LogP contribution in [0.25, 0.3) is 0 Å². The summed E-state index contributed by atoms with van der Waals surface area (Å²) in [6.07, 6.45) is -0.188. The fourth-order valence-electron chi connectivity index (χ4n) is 1.99. The van der Waals surface area contributed by atoms with Gasteiger partial charge in [0.25, 0.3) is 0 Å². The summed E-state index contributed by atoms with van der Waals surface area (Å²) in [5.41, 5.74) is 1.66. The van der Waals surface area contributed by atoms with E-state index in [2.05, 4.69) is 6.92 Å². The van der Waals surface area contributed by atoms with Crippen molar-refractivity contribution in [2.75, 3.05) is 5.75 Å². The van der Waals surface area contributed by atoms with Crippen molar-refractivity contribution in [3.05, 3.63) is 63.6 Å². The summed E-state index contributed by atoms with van der Waals surface area (Å²) >= 11 is 14.0.